The fraction of sp³-hybridized carbons (Fsp3) is 0.806. The molecule has 0 N–H and O–H groups in total. The summed E-state index contributed by atoms with van der Waals surface area (Å²) in [7, 11) is 0. The standard InChI is InChI=1S/C35H50N2.2C29H59.Ni/c1-5-9-13-15-20-33(28-37-36)34(22-14-10-6-2)35(31-25-23-29(24-26-31)17-11-7-3)32-21-16-19-30(27-32)18-12-8-4;2*1-3-5-7-9-11-13-15-17-19-21-23-25-27-29-28-26-24-22-20-18-16-14-12-10-8-6-4-2;/h16,19,21,23-27H,5-15,17-18,20,22H2,1-4H3;2*1,3-29H2,2H3;/q;2*-1;+2. The van der Waals surface area contributed by atoms with Crippen molar-refractivity contribution >= 4 is 11.4 Å². The van der Waals surface area contributed by atoms with Crippen LogP contribution in [0.2, 0.25) is 0 Å². The van der Waals surface area contributed by atoms with Crippen molar-refractivity contribution in [2.24, 2.45) is 0 Å². The van der Waals surface area contributed by atoms with Gasteiger partial charge in [-0.15, -0.1) is 4.79 Å². The quantitative estimate of drug-likeness (QED) is 0.0120. The van der Waals surface area contributed by atoms with Gasteiger partial charge in [0, 0.05) is 0 Å². The van der Waals surface area contributed by atoms with Crippen molar-refractivity contribution in [1.82, 2.24) is 0 Å². The summed E-state index contributed by atoms with van der Waals surface area (Å²) in [6, 6.07) is 18.4. The van der Waals surface area contributed by atoms with E-state index in [-0.39, 0.29) is 16.5 Å². The Balaban J connectivity index is 0. The van der Waals surface area contributed by atoms with Crippen LogP contribution in [0.3, 0.4) is 0 Å². The third-order valence-corrected chi connectivity index (χ3v) is 20.5. The monoisotopic (exact) mass is 1370 g/mol. The molecule has 0 aliphatic carbocycles. The molecule has 0 spiro atoms. The van der Waals surface area contributed by atoms with Gasteiger partial charge in [0.2, 0.25) is 0 Å². The number of hydrogen-bond donors (Lipinski definition) is 0. The summed E-state index contributed by atoms with van der Waals surface area (Å²) in [5, 5.41) is 0. The maximum atomic E-state index is 9.61. The summed E-state index contributed by atoms with van der Waals surface area (Å²) < 4.78 is 0. The van der Waals surface area contributed by atoms with Crippen molar-refractivity contribution in [3.05, 3.63) is 101 Å². The van der Waals surface area contributed by atoms with Gasteiger partial charge in [0.15, 0.2) is 0 Å². The summed E-state index contributed by atoms with van der Waals surface area (Å²) in [5.41, 5.74) is 18.6. The van der Waals surface area contributed by atoms with E-state index in [2.05, 4.69) is 115 Å². The normalized spacial score (nSPS) is 11.3. The Morgan fingerprint density at radius 1 is 0.292 bits per heavy atom. The Morgan fingerprint density at radius 3 is 0.844 bits per heavy atom. The Morgan fingerprint density at radius 2 is 0.552 bits per heavy atom. The molecule has 2 aromatic rings. The van der Waals surface area contributed by atoms with Gasteiger partial charge in [-0.05, 0) is 84.8 Å². The molecule has 0 aromatic heterocycles. The fourth-order valence-corrected chi connectivity index (χ4v) is 14.0. The molecule has 0 bridgehead atoms. The number of benzene rings is 2. The number of nitrogens with zero attached hydrogens (tertiary/aromatic N) is 2. The second-order valence-electron chi connectivity index (χ2n) is 29.8. The first-order valence-corrected chi connectivity index (χ1v) is 43.5. The van der Waals surface area contributed by atoms with Gasteiger partial charge in [0.25, 0.3) is 0 Å². The van der Waals surface area contributed by atoms with Crippen LogP contribution in [-0.2, 0) is 29.3 Å². The van der Waals surface area contributed by atoms with Crippen LogP contribution >= 0.6 is 0 Å². The first-order chi connectivity index (χ1) is 47.0. The molecule has 0 saturated carbocycles. The zero-order valence-corrected chi connectivity index (χ0v) is 67.0. The zero-order chi connectivity index (χ0) is 68.9. The van der Waals surface area contributed by atoms with Crippen LogP contribution in [0, 0.1) is 13.8 Å². The molecule has 0 fully saturated rings. The van der Waals surface area contributed by atoms with Crippen molar-refractivity contribution in [3.8, 4) is 0 Å². The number of hydrogen-bond acceptors (Lipinski definition) is 0. The molecule has 560 valence electrons. The molecule has 0 aliphatic rings. The number of unbranched alkanes of at least 4 members (excludes halogenated alkanes) is 59. The van der Waals surface area contributed by atoms with Crippen molar-refractivity contribution in [1.29, 1.82) is 0 Å². The van der Waals surface area contributed by atoms with Crippen LogP contribution in [-0.4, -0.2) is 10.7 Å². The van der Waals surface area contributed by atoms with Gasteiger partial charge < -0.3 is 19.4 Å². The molecule has 0 unspecified atom stereocenters. The smallest absolute Gasteiger partial charge is 0.348 e. The van der Waals surface area contributed by atoms with Gasteiger partial charge in [0.05, 0.1) is 5.57 Å². The summed E-state index contributed by atoms with van der Waals surface area (Å²) in [6.07, 6.45) is 95.8. The van der Waals surface area contributed by atoms with Gasteiger partial charge in [-0.2, -0.15) is 12.8 Å². The SMILES string of the molecule is CCCCCCC(=C=[N+]=[N-])C(CCCCC)=C(c1ccc(CCCC)cc1)c1cccc(CCCC)c1.[CH2-]CCCCCCCCCCCCCCCCCCCCCCCCCCCC.[CH2-]CCCCCCCCCCCCCCCCCCCCCCCCCCCC.[Ni+2]. The van der Waals surface area contributed by atoms with Crippen molar-refractivity contribution in [2.45, 2.75) is 485 Å². The van der Waals surface area contributed by atoms with Gasteiger partial charge in [-0.1, -0.05) is 469 Å². The third kappa shape index (κ3) is 65.2. The first-order valence-electron chi connectivity index (χ1n) is 43.5. The van der Waals surface area contributed by atoms with E-state index in [9.17, 15) is 5.53 Å². The second kappa shape index (κ2) is 81.8. The van der Waals surface area contributed by atoms with Gasteiger partial charge in [-0.3, -0.25) is 0 Å². The Hall–Kier alpha value is -2.17. The van der Waals surface area contributed by atoms with Gasteiger partial charge in [0.1, 0.15) is 0 Å². The molecule has 2 aromatic carbocycles. The maximum Gasteiger partial charge on any atom is 2.00 e. The maximum absolute atomic E-state index is 9.61. The topological polar surface area (TPSA) is 36.4 Å². The van der Waals surface area contributed by atoms with Crippen LogP contribution in [0.1, 0.15) is 494 Å². The summed E-state index contributed by atoms with van der Waals surface area (Å²) in [6.45, 7) is 21.4. The van der Waals surface area contributed by atoms with Gasteiger partial charge in [-0.25, -0.2) is 0 Å². The Bertz CT molecular complexity index is 1830. The van der Waals surface area contributed by atoms with Gasteiger partial charge >= 0.3 is 22.4 Å². The molecule has 0 atom stereocenters. The Kier molecular flexibility index (Phi) is 81.7. The van der Waals surface area contributed by atoms with Crippen LogP contribution in [0.25, 0.3) is 11.1 Å². The van der Waals surface area contributed by atoms with Crippen molar-refractivity contribution in [3.63, 3.8) is 0 Å². The zero-order valence-electron chi connectivity index (χ0n) is 66.0. The fourth-order valence-electron chi connectivity index (χ4n) is 14.0. The van der Waals surface area contributed by atoms with E-state index in [0.29, 0.717) is 0 Å². The first kappa shape index (κ1) is 95.9. The predicted octanol–water partition coefficient (Wildman–Crippen LogP) is 33.3. The summed E-state index contributed by atoms with van der Waals surface area (Å²) >= 11 is 0. The molecule has 0 saturated heterocycles. The minimum atomic E-state index is 0. The Labute approximate surface area is 614 Å². The van der Waals surface area contributed by atoms with E-state index >= 15 is 0 Å². The predicted molar refractivity (Wildman–Crippen MR) is 433 cm³/mol. The number of aryl methyl sites for hydroxylation is 2. The summed E-state index contributed by atoms with van der Waals surface area (Å²) in [5.74, 6) is 3.03. The van der Waals surface area contributed by atoms with Crippen LogP contribution < -0.4 is 0 Å². The van der Waals surface area contributed by atoms with Crippen molar-refractivity contribution in [2.75, 3.05) is 0 Å². The molecule has 0 amide bonds. The van der Waals surface area contributed by atoms with Crippen LogP contribution in [0.5, 0.6) is 0 Å². The van der Waals surface area contributed by atoms with Crippen LogP contribution in [0.15, 0.2) is 59.7 Å². The molecular weight excluding hydrogens is 1200 g/mol. The minimum absolute atomic E-state index is 0. The van der Waals surface area contributed by atoms with Crippen LogP contribution in [0.4, 0.5) is 0 Å². The summed E-state index contributed by atoms with van der Waals surface area (Å²) in [4.78, 5) is 3.44. The molecule has 0 radical (unpaired) electrons. The molecule has 0 aliphatic heterocycles. The molecule has 96 heavy (non-hydrogen) atoms. The third-order valence-electron chi connectivity index (χ3n) is 20.5. The largest absolute Gasteiger partial charge is 2.00 e. The van der Waals surface area contributed by atoms with E-state index in [1.165, 1.54) is 425 Å². The van der Waals surface area contributed by atoms with E-state index < -0.39 is 0 Å². The molecule has 2 nitrogen and oxygen atoms in total. The van der Waals surface area contributed by atoms with E-state index in [0.717, 1.165) is 56.9 Å². The van der Waals surface area contributed by atoms with Crippen molar-refractivity contribution < 1.29 is 21.3 Å². The molecule has 0 heterocycles. The van der Waals surface area contributed by atoms with E-state index in [4.69, 9.17) is 0 Å². The molecule has 2 rings (SSSR count). The number of allylic oxidation sites excluding steroid dienone is 2. The average molecular weight is 1370 g/mol. The van der Waals surface area contributed by atoms with E-state index in [1.54, 1.807) is 0 Å². The van der Waals surface area contributed by atoms with E-state index in [1.807, 2.05) is 0 Å². The minimum Gasteiger partial charge on any atom is -0.348 e. The second-order valence-corrected chi connectivity index (χ2v) is 29.8. The molecule has 3 heteroatoms. The number of rotatable bonds is 70. The molecular formula is C93H168N2Ni. The average Bonchev–Trinajstić information content (AvgIpc) is 0.818.